The lowest BCUT2D eigenvalue weighted by molar-refractivity contribution is -0.116. The van der Waals surface area contributed by atoms with E-state index in [2.05, 4.69) is 16.9 Å². The van der Waals surface area contributed by atoms with Crippen molar-refractivity contribution in [3.05, 3.63) is 41.0 Å². The fourth-order valence-electron chi connectivity index (χ4n) is 4.32. The van der Waals surface area contributed by atoms with E-state index in [1.54, 1.807) is 18.3 Å². The topological polar surface area (TPSA) is 105 Å². The van der Waals surface area contributed by atoms with Gasteiger partial charge in [0.25, 0.3) is 0 Å². The molecule has 202 valence electrons. The first-order valence-electron chi connectivity index (χ1n) is 12.2. The minimum atomic E-state index is -0.181. The van der Waals surface area contributed by atoms with Crippen molar-refractivity contribution in [1.82, 2.24) is 15.0 Å². The van der Waals surface area contributed by atoms with Crippen LogP contribution in [0.25, 0.3) is 22.2 Å². The summed E-state index contributed by atoms with van der Waals surface area (Å²) in [4.78, 5) is 26.0. The minimum Gasteiger partial charge on any atom is -0.495 e. The molecule has 0 saturated carbocycles. The zero-order valence-electron chi connectivity index (χ0n) is 21.7. The second-order valence-corrected chi connectivity index (χ2v) is 9.90. The van der Waals surface area contributed by atoms with Crippen LogP contribution in [0.3, 0.4) is 0 Å². The first-order chi connectivity index (χ1) is 18.2. The number of ether oxygens (including phenoxy) is 4. The Labute approximate surface area is 231 Å². The lowest BCUT2D eigenvalue weighted by Gasteiger charge is -2.31. The number of anilines is 1. The normalized spacial score (nSPS) is 17.3. The number of rotatable bonds is 10. The third kappa shape index (κ3) is 5.95. The Kier molecular flexibility index (Phi) is 8.91. The Hall–Kier alpha value is -3.14. The largest absolute Gasteiger partial charge is 0.495 e. The molecular weight excluding hydrogens is 531 g/mol. The van der Waals surface area contributed by atoms with Gasteiger partial charge in [-0.15, -0.1) is 0 Å². The number of aromatic nitrogens is 3. The smallest absolute Gasteiger partial charge is 0.241 e. The number of halogens is 2. The number of hydrogen-bond acceptors (Lipinski definition) is 9. The lowest BCUT2D eigenvalue weighted by Crippen LogP contribution is -2.40. The Morgan fingerprint density at radius 3 is 2.55 bits per heavy atom. The molecule has 2 aromatic heterocycles. The number of carbonyl (C=O) groups is 1. The van der Waals surface area contributed by atoms with Crippen molar-refractivity contribution in [2.45, 2.75) is 38.8 Å². The van der Waals surface area contributed by atoms with Crippen molar-refractivity contribution in [2.75, 3.05) is 32.8 Å². The number of fused-ring (bicyclic) bond motifs is 1. The Morgan fingerprint density at radius 2 is 1.92 bits per heavy atom. The van der Waals surface area contributed by atoms with Crippen molar-refractivity contribution >= 4 is 45.8 Å². The Balaban J connectivity index is 1.77. The molecular formula is C27H30Cl2N4O5. The van der Waals surface area contributed by atoms with Gasteiger partial charge in [0.1, 0.15) is 17.0 Å². The van der Waals surface area contributed by atoms with Crippen LogP contribution in [-0.4, -0.2) is 60.3 Å². The van der Waals surface area contributed by atoms with Crippen molar-refractivity contribution in [3.63, 3.8) is 0 Å². The molecule has 1 aliphatic heterocycles. The Morgan fingerprint density at radius 1 is 1.21 bits per heavy atom. The van der Waals surface area contributed by atoms with Gasteiger partial charge >= 0.3 is 0 Å². The standard InChI is InChI=1S/C27H30Cl2N4O5/c1-6-17(34)9-15-7-8-37-13-19(15)32-27-30-12-16-10-18(31-26(25(16)33-27)38-14(2)3)22-23(28)20(35-4)11-21(36-5)24(22)29/h6,10-12,14-15,19H,1,7-9,13H2,2-5H3,(H,30,32,33)/t15-,19-/m1/s1. The van der Waals surface area contributed by atoms with Gasteiger partial charge in [0.15, 0.2) is 5.78 Å². The van der Waals surface area contributed by atoms with Crippen molar-refractivity contribution < 1.29 is 23.7 Å². The van der Waals surface area contributed by atoms with Crippen molar-refractivity contribution in [2.24, 2.45) is 5.92 Å². The fraction of sp³-hybridized carbons (Fsp3) is 0.407. The van der Waals surface area contributed by atoms with E-state index in [9.17, 15) is 4.79 Å². The molecule has 0 bridgehead atoms. The number of allylic oxidation sites excluding steroid dienone is 1. The highest BCUT2D eigenvalue weighted by Gasteiger charge is 2.28. The minimum absolute atomic E-state index is 0.000951. The number of hydrogen-bond donors (Lipinski definition) is 1. The summed E-state index contributed by atoms with van der Waals surface area (Å²) in [7, 11) is 3.02. The molecule has 11 heteroatoms. The molecule has 3 heterocycles. The third-order valence-electron chi connectivity index (χ3n) is 6.22. The van der Waals surface area contributed by atoms with E-state index in [0.717, 1.165) is 6.42 Å². The van der Waals surface area contributed by atoms with E-state index in [-0.39, 0.29) is 33.9 Å². The molecule has 0 amide bonds. The highest BCUT2D eigenvalue weighted by molar-refractivity contribution is 6.41. The molecule has 0 aliphatic carbocycles. The molecule has 1 aliphatic rings. The maximum Gasteiger partial charge on any atom is 0.241 e. The van der Waals surface area contributed by atoms with E-state index in [1.807, 2.05) is 13.8 Å². The van der Waals surface area contributed by atoms with Crippen LogP contribution in [0, 0.1) is 5.92 Å². The summed E-state index contributed by atoms with van der Waals surface area (Å²) in [5.41, 5.74) is 1.40. The first-order valence-corrected chi connectivity index (χ1v) is 13.0. The van der Waals surface area contributed by atoms with Crippen LogP contribution in [0.5, 0.6) is 17.4 Å². The zero-order valence-corrected chi connectivity index (χ0v) is 23.2. The molecule has 4 rings (SSSR count). The summed E-state index contributed by atoms with van der Waals surface area (Å²) in [6, 6.07) is 3.27. The molecule has 0 spiro atoms. The molecule has 1 saturated heterocycles. The molecule has 1 aromatic carbocycles. The number of ketones is 1. The SMILES string of the molecule is C=CC(=O)C[C@H]1CCOC[C@H]1Nc1ncc2cc(-c3c(Cl)c(OC)cc(OC)c3Cl)nc(OC(C)C)c2n1. The number of benzene rings is 1. The molecule has 1 N–H and O–H groups in total. The molecule has 3 aromatic rings. The molecule has 2 atom stereocenters. The number of nitrogens with zero attached hydrogens (tertiary/aromatic N) is 3. The molecule has 0 unspecified atom stereocenters. The van der Waals surface area contributed by atoms with Crippen molar-refractivity contribution in [3.8, 4) is 28.6 Å². The van der Waals surface area contributed by atoms with Crippen LogP contribution < -0.4 is 19.5 Å². The fourth-order valence-corrected chi connectivity index (χ4v) is 5.01. The summed E-state index contributed by atoms with van der Waals surface area (Å²) in [5.74, 6) is 1.54. The van der Waals surface area contributed by atoms with Gasteiger partial charge in [-0.2, -0.15) is 0 Å². The second-order valence-electron chi connectivity index (χ2n) is 9.14. The second kappa shape index (κ2) is 12.1. The monoisotopic (exact) mass is 560 g/mol. The maximum absolute atomic E-state index is 12.0. The van der Waals surface area contributed by atoms with Gasteiger partial charge in [0.2, 0.25) is 11.8 Å². The highest BCUT2D eigenvalue weighted by Crippen LogP contribution is 2.46. The van der Waals surface area contributed by atoms with Crippen molar-refractivity contribution in [1.29, 1.82) is 0 Å². The summed E-state index contributed by atoms with van der Waals surface area (Å²) in [5, 5.41) is 4.58. The summed E-state index contributed by atoms with van der Waals surface area (Å²) >= 11 is 13.3. The first kappa shape index (κ1) is 27.9. The van der Waals surface area contributed by atoms with Gasteiger partial charge in [-0.25, -0.2) is 15.0 Å². The van der Waals surface area contributed by atoms with Gasteiger partial charge in [-0.1, -0.05) is 29.8 Å². The van der Waals surface area contributed by atoms with Crippen LogP contribution in [0.1, 0.15) is 26.7 Å². The summed E-state index contributed by atoms with van der Waals surface area (Å²) in [6.45, 7) is 8.43. The predicted octanol–water partition coefficient (Wildman–Crippen LogP) is 5.77. The van der Waals surface area contributed by atoms with Crippen LogP contribution in [0.15, 0.2) is 31.0 Å². The number of nitrogens with one attached hydrogen (secondary N) is 1. The van der Waals surface area contributed by atoms with Crippen LogP contribution in [0.2, 0.25) is 10.0 Å². The summed E-state index contributed by atoms with van der Waals surface area (Å²) in [6.07, 6.45) is 3.99. The molecule has 9 nitrogen and oxygen atoms in total. The van der Waals surface area contributed by atoms with E-state index in [4.69, 9.17) is 52.1 Å². The Bertz CT molecular complexity index is 1320. The average Bonchev–Trinajstić information content (AvgIpc) is 2.90. The molecule has 1 fully saturated rings. The number of carbonyl (C=O) groups excluding carboxylic acids is 1. The van der Waals surface area contributed by atoms with E-state index in [1.165, 1.54) is 20.3 Å². The highest BCUT2D eigenvalue weighted by atomic mass is 35.5. The van der Waals surface area contributed by atoms with Gasteiger partial charge in [0.05, 0.1) is 48.7 Å². The van der Waals surface area contributed by atoms with Crippen LogP contribution in [-0.2, 0) is 9.53 Å². The zero-order chi connectivity index (χ0) is 27.4. The number of pyridine rings is 1. The van der Waals surface area contributed by atoms with Gasteiger partial charge in [-0.3, -0.25) is 4.79 Å². The molecule has 0 radical (unpaired) electrons. The van der Waals surface area contributed by atoms with Gasteiger partial charge in [-0.05, 0) is 38.3 Å². The van der Waals surface area contributed by atoms with Gasteiger partial charge in [0, 0.05) is 36.2 Å². The predicted molar refractivity (Wildman–Crippen MR) is 148 cm³/mol. The summed E-state index contributed by atoms with van der Waals surface area (Å²) < 4.78 is 22.5. The van der Waals surface area contributed by atoms with E-state index in [0.29, 0.717) is 65.1 Å². The average molecular weight is 561 g/mol. The third-order valence-corrected chi connectivity index (χ3v) is 6.97. The van der Waals surface area contributed by atoms with E-state index < -0.39 is 0 Å². The van der Waals surface area contributed by atoms with Crippen LogP contribution in [0.4, 0.5) is 5.95 Å². The molecule has 38 heavy (non-hydrogen) atoms. The van der Waals surface area contributed by atoms with E-state index >= 15 is 0 Å². The maximum atomic E-state index is 12.0. The lowest BCUT2D eigenvalue weighted by atomic mass is 9.90. The number of methoxy groups -OCH3 is 2. The van der Waals surface area contributed by atoms with Gasteiger partial charge < -0.3 is 24.3 Å². The quantitative estimate of drug-likeness (QED) is 0.309. The van der Waals surface area contributed by atoms with Crippen LogP contribution >= 0.6 is 23.2 Å².